The first-order valence-corrected chi connectivity index (χ1v) is 40.9. The van der Waals surface area contributed by atoms with Gasteiger partial charge >= 0.3 is 449 Å². The summed E-state index contributed by atoms with van der Waals surface area (Å²) in [7, 11) is 0. The molecular weight excluding hydrogens is 1180 g/mol. The number of hydrogen-bond donors (Lipinski definition) is 0. The zero-order valence-corrected chi connectivity index (χ0v) is 49.0. The summed E-state index contributed by atoms with van der Waals surface area (Å²) in [5.74, 6) is 0. The van der Waals surface area contributed by atoms with Crippen LogP contribution in [0.1, 0.15) is 13.8 Å². The average molecular weight is 1240 g/mol. The maximum atomic E-state index is 17.0. The van der Waals surface area contributed by atoms with Gasteiger partial charge in [0.15, 0.2) is 0 Å². The van der Waals surface area contributed by atoms with Gasteiger partial charge in [-0.1, -0.05) is 0 Å². The molecule has 0 aromatic heterocycles. The quantitative estimate of drug-likeness (QED) is 0.0853. The summed E-state index contributed by atoms with van der Waals surface area (Å²) in [6.07, 6.45) is -1.39. The van der Waals surface area contributed by atoms with Gasteiger partial charge in [0.2, 0.25) is 0 Å². The molecular formula is C62H54Cl3Ge2O4Sb. The Balaban J connectivity index is 1.27. The van der Waals surface area contributed by atoms with Crippen LogP contribution in [0.25, 0.3) is 0 Å². The first-order valence-electron chi connectivity index (χ1n) is 24.1. The van der Waals surface area contributed by atoms with Crippen molar-refractivity contribution in [3.05, 3.63) is 270 Å². The number of ether oxygens (including phenoxy) is 2. The van der Waals surface area contributed by atoms with Gasteiger partial charge in [-0.2, -0.15) is 0 Å². The van der Waals surface area contributed by atoms with Crippen molar-refractivity contribution in [1.82, 2.24) is 0 Å². The van der Waals surface area contributed by atoms with Crippen LogP contribution in [-0.2, 0) is 9.47 Å². The Kier molecular flexibility index (Phi) is 16.1. The van der Waals surface area contributed by atoms with E-state index in [1.165, 1.54) is 26.4 Å². The van der Waals surface area contributed by atoms with Gasteiger partial charge in [-0.3, -0.25) is 0 Å². The molecule has 2 unspecified atom stereocenters. The molecule has 10 heteroatoms. The van der Waals surface area contributed by atoms with Gasteiger partial charge in [0.05, 0.1) is 0 Å². The zero-order chi connectivity index (χ0) is 50.2. The number of carbonyl (C=O) groups excluding carboxylic acids is 2. The molecule has 72 heavy (non-hydrogen) atoms. The minimum atomic E-state index is -6.79. The van der Waals surface area contributed by atoms with Gasteiger partial charge in [0.25, 0.3) is 0 Å². The number of hydrogen-bond acceptors (Lipinski definition) is 4. The predicted octanol–water partition coefficient (Wildman–Crippen LogP) is 10.6. The van der Waals surface area contributed by atoms with Gasteiger partial charge in [0.1, 0.15) is 0 Å². The topological polar surface area (TPSA) is 52.6 Å². The molecule has 9 aromatic rings. The molecule has 360 valence electrons. The van der Waals surface area contributed by atoms with E-state index in [4.69, 9.17) is 44.3 Å². The van der Waals surface area contributed by atoms with Crippen LogP contribution < -0.4 is 36.9 Å². The van der Waals surface area contributed by atoms with Crippen molar-refractivity contribution in [1.29, 1.82) is 0 Å². The summed E-state index contributed by atoms with van der Waals surface area (Å²) < 4.78 is 21.9. The van der Waals surface area contributed by atoms with Crippen LogP contribution >= 0.6 is 34.8 Å². The van der Waals surface area contributed by atoms with Crippen LogP contribution in [0.5, 0.6) is 0 Å². The van der Waals surface area contributed by atoms with E-state index in [9.17, 15) is 0 Å². The third-order valence-electron chi connectivity index (χ3n) is 14.2. The molecule has 0 amide bonds. The van der Waals surface area contributed by atoms with E-state index in [0.717, 1.165) is 0 Å². The monoisotopic (exact) mass is 1240 g/mol. The van der Waals surface area contributed by atoms with Crippen molar-refractivity contribution in [3.8, 4) is 0 Å². The molecule has 9 rings (SSSR count). The fourth-order valence-corrected chi connectivity index (χ4v) is 47.2. The fraction of sp³-hybridized carbons (Fsp3) is 0.0968. The Bertz CT molecular complexity index is 2770. The van der Waals surface area contributed by atoms with Gasteiger partial charge in [-0.25, -0.2) is 0 Å². The molecule has 0 radical (unpaired) electrons. The SMILES string of the molecule is CC([CH2][Ge]([c]1ccccc1)([c]1ccccc1)[c]1ccccc1)O[C](=O)[Sb]([C](=O)OC(C)[CH2][Ge]([c]1ccccc1)([c]1ccccc1)[c]1ccccc1)([c]1ccc(Cl)cc1)([c]1ccc(Cl)cc1)[c]1ccc(Cl)cc1. The molecule has 0 aliphatic rings. The molecule has 0 bridgehead atoms. The predicted molar refractivity (Wildman–Crippen MR) is 308 cm³/mol. The Morgan fingerprint density at radius 1 is 0.347 bits per heavy atom. The zero-order valence-electron chi connectivity index (χ0n) is 40.0. The average Bonchev–Trinajstić information content (AvgIpc) is 3.42. The Hall–Kier alpha value is -5.31. The Labute approximate surface area is 444 Å². The summed E-state index contributed by atoms with van der Waals surface area (Å²) in [6.45, 7) is 3.94. The van der Waals surface area contributed by atoms with E-state index >= 15 is 9.59 Å². The molecule has 0 saturated carbocycles. The number of carbonyl (C=O) groups is 2. The maximum absolute atomic E-state index is 17.0. The first-order chi connectivity index (χ1) is 35.0. The molecule has 9 aromatic carbocycles. The van der Waals surface area contributed by atoms with Crippen molar-refractivity contribution in [2.75, 3.05) is 0 Å². The Morgan fingerprint density at radius 3 is 0.736 bits per heavy atom. The van der Waals surface area contributed by atoms with Crippen LogP contribution in [0, 0.1) is 0 Å². The second kappa shape index (κ2) is 22.4. The number of halogens is 3. The fourth-order valence-electron chi connectivity index (χ4n) is 10.9. The van der Waals surface area contributed by atoms with Crippen molar-refractivity contribution < 1.29 is 19.1 Å². The molecule has 0 spiro atoms. The molecule has 0 heterocycles. The van der Waals surface area contributed by atoms with Crippen molar-refractivity contribution in [3.63, 3.8) is 0 Å². The molecule has 0 fully saturated rings. The Morgan fingerprint density at radius 2 is 0.542 bits per heavy atom. The van der Waals surface area contributed by atoms with Crippen LogP contribution in [0.2, 0.25) is 25.6 Å². The standard InChI is InChI=1S/2C22H21GeO2.3C6H4Cl.Sb/c2*1-19(25-18-24)17-23(20-11-5-2-6-12-20,21-13-7-3-8-14-21)22-15-9-4-10-16-22;3*7-6-4-2-1-3-5-6;/h2*2-16,19H,17H2,1H3;3*2-5H;. The van der Waals surface area contributed by atoms with E-state index in [-0.39, 0.29) is 0 Å². The van der Waals surface area contributed by atoms with Crippen LogP contribution in [0.3, 0.4) is 0 Å². The third kappa shape index (κ3) is 9.45. The van der Waals surface area contributed by atoms with Gasteiger partial charge in [-0.15, -0.1) is 0 Å². The van der Waals surface area contributed by atoms with Gasteiger partial charge in [-0.05, 0) is 0 Å². The number of rotatable bonds is 17. The molecule has 2 atom stereocenters. The molecule has 0 aliphatic heterocycles. The second-order valence-electron chi connectivity index (χ2n) is 18.4. The van der Waals surface area contributed by atoms with E-state index in [1.54, 1.807) is 36.4 Å². The van der Waals surface area contributed by atoms with Gasteiger partial charge in [0, 0.05) is 0 Å². The molecule has 0 saturated heterocycles. The summed E-state index contributed by atoms with van der Waals surface area (Å²) in [6, 6.07) is 85.0. The van der Waals surface area contributed by atoms with E-state index in [2.05, 4.69) is 146 Å². The van der Waals surface area contributed by atoms with E-state index in [0.29, 0.717) is 36.1 Å². The molecule has 0 aliphatic carbocycles. The van der Waals surface area contributed by atoms with Gasteiger partial charge < -0.3 is 0 Å². The van der Waals surface area contributed by atoms with Crippen molar-refractivity contribution in [2.24, 2.45) is 0 Å². The summed E-state index contributed by atoms with van der Waals surface area (Å²) >= 11 is 5.88. The summed E-state index contributed by atoms with van der Waals surface area (Å²) in [5.41, 5.74) is 0. The van der Waals surface area contributed by atoms with Crippen LogP contribution in [0.4, 0.5) is 9.59 Å². The second-order valence-corrected chi connectivity index (χ2v) is 49.1. The third-order valence-corrected chi connectivity index (χ3v) is 52.7. The van der Waals surface area contributed by atoms with Crippen LogP contribution in [0.15, 0.2) is 255 Å². The van der Waals surface area contributed by atoms with Crippen molar-refractivity contribution >= 4 is 123 Å². The van der Waals surface area contributed by atoms with Crippen LogP contribution in [-0.4, -0.2) is 64.0 Å². The molecule has 4 nitrogen and oxygen atoms in total. The number of benzene rings is 9. The first kappa shape index (κ1) is 51.6. The van der Waals surface area contributed by atoms with E-state index in [1.807, 2.05) is 86.6 Å². The summed E-state index contributed by atoms with van der Waals surface area (Å²) in [4.78, 5) is 34.0. The van der Waals surface area contributed by atoms with Crippen molar-refractivity contribution in [2.45, 2.75) is 36.6 Å². The van der Waals surface area contributed by atoms with E-state index < -0.39 is 64.0 Å². The minimum absolute atomic E-state index is 0.446. The summed E-state index contributed by atoms with van der Waals surface area (Å²) in [5, 5.41) is 2.37. The normalized spacial score (nSPS) is 13.2. The molecule has 0 N–H and O–H groups in total.